The van der Waals surface area contributed by atoms with E-state index in [2.05, 4.69) is 20.7 Å². The minimum atomic E-state index is -1.09. The van der Waals surface area contributed by atoms with Crippen LogP contribution in [0.3, 0.4) is 0 Å². The molecule has 1 unspecified atom stereocenters. The molecule has 0 fully saturated rings. The first-order valence-corrected chi connectivity index (χ1v) is 8.95. The molecule has 0 saturated carbocycles. The fourth-order valence-electron chi connectivity index (χ4n) is 2.39. The van der Waals surface area contributed by atoms with Crippen molar-refractivity contribution >= 4 is 5.96 Å². The first-order chi connectivity index (χ1) is 12.9. The predicted octanol–water partition coefficient (Wildman–Crippen LogP) is 1.27. The van der Waals surface area contributed by atoms with Gasteiger partial charge in [-0.25, -0.2) is 4.99 Å². The topological polar surface area (TPSA) is 92.9 Å². The molecule has 1 aromatic heterocycles. The smallest absolute Gasteiger partial charge is 0.191 e. The van der Waals surface area contributed by atoms with E-state index in [4.69, 9.17) is 9.47 Å². The summed E-state index contributed by atoms with van der Waals surface area (Å²) in [5.41, 5.74) is -0.362. The van der Waals surface area contributed by atoms with Gasteiger partial charge in [0.05, 0.1) is 26.4 Å². The molecule has 3 N–H and O–H groups in total. The van der Waals surface area contributed by atoms with Crippen molar-refractivity contribution < 1.29 is 14.6 Å². The highest BCUT2D eigenvalue weighted by Gasteiger charge is 2.24. The number of aromatic nitrogens is 2. The van der Waals surface area contributed by atoms with Crippen LogP contribution in [-0.2, 0) is 12.6 Å². The van der Waals surface area contributed by atoms with E-state index in [1.54, 1.807) is 31.1 Å². The van der Waals surface area contributed by atoms with Gasteiger partial charge in [0, 0.05) is 31.4 Å². The van der Waals surface area contributed by atoms with Crippen LogP contribution in [-0.4, -0.2) is 54.2 Å². The minimum Gasteiger partial charge on any atom is -0.497 e. The van der Waals surface area contributed by atoms with E-state index >= 15 is 0 Å². The van der Waals surface area contributed by atoms with E-state index in [9.17, 15) is 5.11 Å². The lowest BCUT2D eigenvalue weighted by Crippen LogP contribution is -2.40. The molecule has 0 saturated heterocycles. The number of ether oxygens (including phenoxy) is 2. The number of nitrogens with one attached hydrogen (secondary N) is 2. The van der Waals surface area contributed by atoms with E-state index in [0.29, 0.717) is 19.1 Å². The second-order valence-corrected chi connectivity index (χ2v) is 6.33. The van der Waals surface area contributed by atoms with Crippen LogP contribution >= 0.6 is 0 Å². The normalized spacial score (nSPS) is 13.7. The van der Waals surface area contributed by atoms with Crippen LogP contribution in [0.15, 0.2) is 41.7 Å². The molecule has 0 spiro atoms. The molecule has 0 aliphatic heterocycles. The van der Waals surface area contributed by atoms with Crippen LogP contribution in [0.2, 0.25) is 0 Å². The maximum Gasteiger partial charge on any atom is 0.191 e. The number of hydrogen-bond donors (Lipinski definition) is 3. The molecule has 0 aliphatic rings. The monoisotopic (exact) mass is 375 g/mol. The van der Waals surface area contributed by atoms with Gasteiger partial charge in [-0.05, 0) is 26.0 Å². The molecule has 0 radical (unpaired) electrons. The zero-order chi connectivity index (χ0) is 19.7. The molecule has 8 nitrogen and oxygen atoms in total. The van der Waals surface area contributed by atoms with Crippen molar-refractivity contribution in [2.75, 3.05) is 33.4 Å². The molecular weight excluding hydrogens is 346 g/mol. The highest BCUT2D eigenvalue weighted by atomic mass is 16.5. The average molecular weight is 375 g/mol. The van der Waals surface area contributed by atoms with Crippen LogP contribution in [0.5, 0.6) is 11.5 Å². The first kappa shape index (κ1) is 20.6. The van der Waals surface area contributed by atoms with Gasteiger partial charge in [-0.3, -0.25) is 4.68 Å². The number of aliphatic hydroxyl groups is 1. The molecule has 27 heavy (non-hydrogen) atoms. The fourth-order valence-corrected chi connectivity index (χ4v) is 2.39. The first-order valence-electron chi connectivity index (χ1n) is 8.95. The zero-order valence-corrected chi connectivity index (χ0v) is 16.4. The van der Waals surface area contributed by atoms with E-state index in [1.165, 1.54) is 0 Å². The Labute approximate surface area is 160 Å². The summed E-state index contributed by atoms with van der Waals surface area (Å²) in [6.45, 7) is 5.68. The second-order valence-electron chi connectivity index (χ2n) is 6.33. The molecule has 0 bridgehead atoms. The molecule has 1 heterocycles. The van der Waals surface area contributed by atoms with Gasteiger partial charge in [0.25, 0.3) is 0 Å². The third kappa shape index (κ3) is 6.49. The highest BCUT2D eigenvalue weighted by Crippen LogP contribution is 2.20. The van der Waals surface area contributed by atoms with Crippen molar-refractivity contribution in [2.24, 2.45) is 12.0 Å². The SMILES string of the molecule is CCNC(=NCC(C)(O)c1cnn(C)c1)NCCOc1cccc(OC)c1. The van der Waals surface area contributed by atoms with Crippen molar-refractivity contribution in [1.29, 1.82) is 0 Å². The summed E-state index contributed by atoms with van der Waals surface area (Å²) >= 11 is 0. The molecule has 0 aliphatic carbocycles. The maximum atomic E-state index is 10.6. The van der Waals surface area contributed by atoms with Crippen LogP contribution in [0.1, 0.15) is 19.4 Å². The zero-order valence-electron chi connectivity index (χ0n) is 16.4. The Morgan fingerprint density at radius 2 is 2.11 bits per heavy atom. The molecule has 2 aromatic rings. The summed E-state index contributed by atoms with van der Waals surface area (Å²) in [7, 11) is 3.44. The maximum absolute atomic E-state index is 10.6. The van der Waals surface area contributed by atoms with Gasteiger partial charge in [-0.15, -0.1) is 0 Å². The lowest BCUT2D eigenvalue weighted by molar-refractivity contribution is 0.0672. The van der Waals surface area contributed by atoms with Crippen molar-refractivity contribution in [1.82, 2.24) is 20.4 Å². The average Bonchev–Trinajstić information content (AvgIpc) is 3.10. The fraction of sp³-hybridized carbons (Fsp3) is 0.474. The largest absolute Gasteiger partial charge is 0.497 e. The Bertz CT molecular complexity index is 742. The summed E-state index contributed by atoms with van der Waals surface area (Å²) in [6, 6.07) is 7.47. The molecule has 2 rings (SSSR count). The Hall–Kier alpha value is -2.74. The number of rotatable bonds is 9. The number of nitrogens with zero attached hydrogens (tertiary/aromatic N) is 3. The predicted molar refractivity (Wildman–Crippen MR) is 105 cm³/mol. The van der Waals surface area contributed by atoms with E-state index < -0.39 is 5.60 Å². The summed E-state index contributed by atoms with van der Waals surface area (Å²) in [4.78, 5) is 4.47. The van der Waals surface area contributed by atoms with E-state index in [-0.39, 0.29) is 6.54 Å². The van der Waals surface area contributed by atoms with Gasteiger partial charge >= 0.3 is 0 Å². The summed E-state index contributed by atoms with van der Waals surface area (Å²) < 4.78 is 12.5. The molecule has 148 valence electrons. The third-order valence-electron chi connectivity index (χ3n) is 3.92. The second kappa shape index (κ2) is 9.82. The summed E-state index contributed by atoms with van der Waals surface area (Å²) in [6.07, 6.45) is 3.44. The summed E-state index contributed by atoms with van der Waals surface area (Å²) in [5.74, 6) is 2.13. The quantitative estimate of drug-likeness (QED) is 0.347. The number of aliphatic imine (C=N–C) groups is 1. The van der Waals surface area contributed by atoms with Gasteiger partial charge in [0.2, 0.25) is 0 Å². The van der Waals surface area contributed by atoms with Crippen molar-refractivity contribution in [3.05, 3.63) is 42.2 Å². The summed E-state index contributed by atoms with van der Waals surface area (Å²) in [5, 5.41) is 21.1. The molecule has 8 heteroatoms. The third-order valence-corrected chi connectivity index (χ3v) is 3.92. The Morgan fingerprint density at radius 1 is 1.33 bits per heavy atom. The van der Waals surface area contributed by atoms with Gasteiger partial charge in [0.15, 0.2) is 5.96 Å². The number of hydrogen-bond acceptors (Lipinski definition) is 5. The standard InChI is InChI=1S/C19H29N5O3/c1-5-20-18(22-14-19(2,25)15-12-23-24(3)13-15)21-9-10-27-17-8-6-7-16(11-17)26-4/h6-8,11-13,25H,5,9-10,14H2,1-4H3,(H2,20,21,22). The van der Waals surface area contributed by atoms with Crippen molar-refractivity contribution in [2.45, 2.75) is 19.4 Å². The Balaban J connectivity index is 1.85. The molecule has 1 aromatic carbocycles. The Kier molecular flexibility index (Phi) is 7.48. The van der Waals surface area contributed by atoms with Crippen LogP contribution < -0.4 is 20.1 Å². The van der Waals surface area contributed by atoms with Gasteiger partial charge in [-0.1, -0.05) is 6.07 Å². The van der Waals surface area contributed by atoms with Gasteiger partial charge in [0.1, 0.15) is 23.7 Å². The van der Waals surface area contributed by atoms with Gasteiger partial charge < -0.3 is 25.2 Å². The van der Waals surface area contributed by atoms with E-state index in [1.807, 2.05) is 38.2 Å². The highest BCUT2D eigenvalue weighted by molar-refractivity contribution is 5.79. The van der Waals surface area contributed by atoms with Crippen LogP contribution in [0.4, 0.5) is 0 Å². The molecular formula is C19H29N5O3. The molecule has 1 atom stereocenters. The lowest BCUT2D eigenvalue weighted by atomic mass is 10.0. The number of benzene rings is 1. The van der Waals surface area contributed by atoms with Crippen LogP contribution in [0, 0.1) is 0 Å². The molecule has 0 amide bonds. The number of aryl methyl sites for hydroxylation is 1. The van der Waals surface area contributed by atoms with Crippen molar-refractivity contribution in [3.63, 3.8) is 0 Å². The van der Waals surface area contributed by atoms with Crippen LogP contribution in [0.25, 0.3) is 0 Å². The minimum absolute atomic E-state index is 0.213. The lowest BCUT2D eigenvalue weighted by Gasteiger charge is -2.20. The Morgan fingerprint density at radius 3 is 2.78 bits per heavy atom. The number of methoxy groups -OCH3 is 1. The van der Waals surface area contributed by atoms with E-state index in [0.717, 1.165) is 23.6 Å². The van der Waals surface area contributed by atoms with Crippen molar-refractivity contribution in [3.8, 4) is 11.5 Å². The number of guanidine groups is 1. The van der Waals surface area contributed by atoms with Gasteiger partial charge in [-0.2, -0.15) is 5.10 Å².